The summed E-state index contributed by atoms with van der Waals surface area (Å²) in [6.07, 6.45) is -0.652. The zero-order valence-corrected chi connectivity index (χ0v) is 13.4. The Labute approximate surface area is 120 Å². The molecule has 0 rings (SSSR count). The van der Waals surface area contributed by atoms with Crippen LogP contribution in [0.4, 0.5) is 4.79 Å². The highest BCUT2D eigenvalue weighted by molar-refractivity contribution is 5.92. The van der Waals surface area contributed by atoms with E-state index >= 15 is 0 Å². The third kappa shape index (κ3) is 7.76. The van der Waals surface area contributed by atoms with Gasteiger partial charge in [0.15, 0.2) is 5.78 Å². The van der Waals surface area contributed by atoms with E-state index in [1.807, 2.05) is 20.8 Å². The summed E-state index contributed by atoms with van der Waals surface area (Å²) in [7, 11) is 0. The van der Waals surface area contributed by atoms with Gasteiger partial charge in [0.25, 0.3) is 0 Å². The Kier molecular flexibility index (Phi) is 6.19. The third-order valence-electron chi connectivity index (χ3n) is 2.34. The van der Waals surface area contributed by atoms with Gasteiger partial charge in [-0.2, -0.15) is 0 Å². The Morgan fingerprint density at radius 2 is 1.55 bits per heavy atom. The molecule has 0 aromatic carbocycles. The summed E-state index contributed by atoms with van der Waals surface area (Å²) in [5.74, 6) is -0.547. The number of ether oxygens (including phenoxy) is 1. The van der Waals surface area contributed by atoms with Crippen molar-refractivity contribution >= 4 is 17.8 Å². The molecule has 0 aliphatic heterocycles. The average Bonchev–Trinajstić information content (AvgIpc) is 2.18. The average molecular weight is 286 g/mol. The number of alkyl carbamates (subject to hydrolysis) is 1. The number of hydrogen-bond acceptors (Lipinski definition) is 4. The van der Waals surface area contributed by atoms with Crippen molar-refractivity contribution in [2.24, 2.45) is 5.41 Å². The first-order chi connectivity index (χ1) is 8.83. The largest absolute Gasteiger partial charge is 0.444 e. The second-order valence-corrected chi connectivity index (χ2v) is 6.82. The van der Waals surface area contributed by atoms with Gasteiger partial charge in [0.05, 0.1) is 12.6 Å². The summed E-state index contributed by atoms with van der Waals surface area (Å²) in [4.78, 5) is 34.8. The quantitative estimate of drug-likeness (QED) is 0.822. The van der Waals surface area contributed by atoms with E-state index in [-0.39, 0.29) is 18.2 Å². The van der Waals surface area contributed by atoms with Crippen molar-refractivity contribution in [1.29, 1.82) is 0 Å². The van der Waals surface area contributed by atoms with Gasteiger partial charge in [-0.05, 0) is 26.2 Å². The third-order valence-corrected chi connectivity index (χ3v) is 2.34. The lowest BCUT2D eigenvalue weighted by Crippen LogP contribution is -2.51. The van der Waals surface area contributed by atoms with Crippen molar-refractivity contribution in [1.82, 2.24) is 10.6 Å². The molecule has 0 spiro atoms. The normalized spacial score (nSPS) is 13.3. The van der Waals surface area contributed by atoms with Gasteiger partial charge in [0.2, 0.25) is 5.91 Å². The Balaban J connectivity index is 4.56. The SMILES string of the molecule is CC(=O)N[C@H](C(=O)CNC(=O)OC(C)(C)C)C(C)(C)C. The monoisotopic (exact) mass is 286 g/mol. The molecule has 0 radical (unpaired) electrons. The molecule has 2 N–H and O–H groups in total. The molecule has 0 saturated heterocycles. The molecule has 0 aliphatic carbocycles. The first-order valence-corrected chi connectivity index (χ1v) is 6.59. The molecule has 1 atom stereocenters. The van der Waals surface area contributed by atoms with Gasteiger partial charge in [-0.3, -0.25) is 9.59 Å². The Bertz CT molecular complexity index is 378. The van der Waals surface area contributed by atoms with Crippen molar-refractivity contribution < 1.29 is 19.1 Å². The van der Waals surface area contributed by atoms with E-state index in [4.69, 9.17) is 4.74 Å². The first kappa shape index (κ1) is 18.4. The van der Waals surface area contributed by atoms with E-state index in [1.165, 1.54) is 6.92 Å². The van der Waals surface area contributed by atoms with E-state index in [9.17, 15) is 14.4 Å². The second-order valence-electron chi connectivity index (χ2n) is 6.82. The number of amides is 2. The number of nitrogens with one attached hydrogen (secondary N) is 2. The topological polar surface area (TPSA) is 84.5 Å². The molecular weight excluding hydrogens is 260 g/mol. The van der Waals surface area contributed by atoms with Crippen LogP contribution in [0.3, 0.4) is 0 Å². The summed E-state index contributed by atoms with van der Waals surface area (Å²) in [6, 6.07) is -0.657. The van der Waals surface area contributed by atoms with Crippen LogP contribution in [-0.2, 0) is 14.3 Å². The fraction of sp³-hybridized carbons (Fsp3) is 0.786. The molecule has 0 aromatic heterocycles. The predicted molar refractivity (Wildman–Crippen MR) is 76.3 cm³/mol. The van der Waals surface area contributed by atoms with Crippen LogP contribution in [-0.4, -0.2) is 36.0 Å². The highest BCUT2D eigenvalue weighted by Gasteiger charge is 2.32. The molecular formula is C14H26N2O4. The highest BCUT2D eigenvalue weighted by Crippen LogP contribution is 2.19. The van der Waals surface area contributed by atoms with Gasteiger partial charge in [-0.25, -0.2) is 4.79 Å². The lowest BCUT2D eigenvalue weighted by atomic mass is 9.84. The Hall–Kier alpha value is -1.59. The number of rotatable bonds is 4. The molecule has 0 fully saturated rings. The summed E-state index contributed by atoms with van der Waals surface area (Å²) in [5, 5.41) is 5.01. The van der Waals surface area contributed by atoms with E-state index in [2.05, 4.69) is 10.6 Å². The van der Waals surface area contributed by atoms with Crippen LogP contribution in [0.1, 0.15) is 48.5 Å². The zero-order valence-electron chi connectivity index (χ0n) is 13.4. The molecule has 2 amide bonds. The standard InChI is InChI=1S/C14H26N2O4/c1-9(17)16-11(13(2,3)4)10(18)8-15-12(19)20-14(5,6)7/h11H,8H2,1-7H3,(H,15,19)(H,16,17)/t11-/m1/s1. The maximum atomic E-state index is 12.1. The molecule has 116 valence electrons. The summed E-state index contributed by atoms with van der Waals surface area (Å²) < 4.78 is 5.04. The smallest absolute Gasteiger partial charge is 0.408 e. The zero-order chi connectivity index (χ0) is 16.1. The highest BCUT2D eigenvalue weighted by atomic mass is 16.6. The number of hydrogen-bond donors (Lipinski definition) is 2. The molecule has 20 heavy (non-hydrogen) atoms. The van der Waals surface area contributed by atoms with E-state index in [1.54, 1.807) is 20.8 Å². The summed E-state index contributed by atoms with van der Waals surface area (Å²) in [5.41, 5.74) is -1.05. The van der Waals surface area contributed by atoms with Gasteiger partial charge < -0.3 is 15.4 Å². The molecule has 0 aliphatic rings. The van der Waals surface area contributed by atoms with Crippen LogP contribution < -0.4 is 10.6 Å². The molecule has 6 heteroatoms. The molecule has 0 saturated carbocycles. The number of carbonyl (C=O) groups is 3. The van der Waals surface area contributed by atoms with Crippen LogP contribution in [0, 0.1) is 5.41 Å². The molecule has 6 nitrogen and oxygen atoms in total. The van der Waals surface area contributed by atoms with Gasteiger partial charge in [0.1, 0.15) is 5.60 Å². The van der Waals surface area contributed by atoms with Gasteiger partial charge >= 0.3 is 6.09 Å². The van der Waals surface area contributed by atoms with Crippen molar-refractivity contribution in [3.05, 3.63) is 0 Å². The predicted octanol–water partition coefficient (Wildman–Crippen LogP) is 1.63. The van der Waals surface area contributed by atoms with Crippen LogP contribution in [0.15, 0.2) is 0 Å². The fourth-order valence-corrected chi connectivity index (χ4v) is 1.56. The Morgan fingerprint density at radius 3 is 1.90 bits per heavy atom. The minimum absolute atomic E-state index is 0.183. The van der Waals surface area contributed by atoms with Crippen molar-refractivity contribution in [3.63, 3.8) is 0 Å². The molecule has 0 heterocycles. The van der Waals surface area contributed by atoms with E-state index < -0.39 is 23.2 Å². The van der Waals surface area contributed by atoms with Crippen LogP contribution in [0.2, 0.25) is 0 Å². The van der Waals surface area contributed by atoms with Crippen molar-refractivity contribution in [3.8, 4) is 0 Å². The molecule has 0 bridgehead atoms. The van der Waals surface area contributed by atoms with E-state index in [0.29, 0.717) is 0 Å². The summed E-state index contributed by atoms with van der Waals surface area (Å²) in [6.45, 7) is 11.9. The number of carbonyl (C=O) groups excluding carboxylic acids is 3. The fourth-order valence-electron chi connectivity index (χ4n) is 1.56. The minimum atomic E-state index is -0.657. The van der Waals surface area contributed by atoms with Crippen LogP contribution >= 0.6 is 0 Å². The lowest BCUT2D eigenvalue weighted by Gasteiger charge is -2.30. The molecule has 0 unspecified atom stereocenters. The Morgan fingerprint density at radius 1 is 1.05 bits per heavy atom. The lowest BCUT2D eigenvalue weighted by molar-refractivity contribution is -0.128. The van der Waals surface area contributed by atoms with E-state index in [0.717, 1.165) is 0 Å². The molecule has 0 aromatic rings. The van der Waals surface area contributed by atoms with Crippen molar-refractivity contribution in [2.45, 2.75) is 60.1 Å². The second kappa shape index (κ2) is 6.72. The van der Waals surface area contributed by atoms with Gasteiger partial charge in [-0.1, -0.05) is 20.8 Å². The van der Waals surface area contributed by atoms with Gasteiger partial charge in [-0.15, -0.1) is 0 Å². The van der Waals surface area contributed by atoms with Crippen LogP contribution in [0.5, 0.6) is 0 Å². The maximum Gasteiger partial charge on any atom is 0.408 e. The van der Waals surface area contributed by atoms with Crippen molar-refractivity contribution in [2.75, 3.05) is 6.54 Å². The van der Waals surface area contributed by atoms with Gasteiger partial charge in [0, 0.05) is 6.92 Å². The minimum Gasteiger partial charge on any atom is -0.444 e. The maximum absolute atomic E-state index is 12.1. The number of Topliss-reactive ketones (excluding diaryl/α,β-unsaturated/α-hetero) is 1. The first-order valence-electron chi connectivity index (χ1n) is 6.59. The summed E-state index contributed by atoms with van der Waals surface area (Å²) >= 11 is 0. The van der Waals surface area contributed by atoms with Crippen LogP contribution in [0.25, 0.3) is 0 Å². The number of ketones is 1.